The Morgan fingerprint density at radius 2 is 1.78 bits per heavy atom. The van der Waals surface area contributed by atoms with Crippen molar-refractivity contribution < 1.29 is 19.0 Å². The average molecular weight is 522 g/mol. The number of carbonyl (C=O) groups excluding carboxylic acids is 1. The Morgan fingerprint density at radius 1 is 1.12 bits per heavy atom. The zero-order chi connectivity index (χ0) is 23.6. The smallest absolute Gasteiger partial charge is 0.223 e. The fourth-order valence-electron chi connectivity index (χ4n) is 4.03. The summed E-state index contributed by atoms with van der Waals surface area (Å²) in [5.41, 5.74) is 3.31. The lowest BCUT2D eigenvalue weighted by Crippen LogP contribution is -2.32. The normalized spacial score (nSPS) is 14.8. The van der Waals surface area contributed by atoms with Crippen LogP contribution >= 0.6 is 27.7 Å². The van der Waals surface area contributed by atoms with E-state index in [0.29, 0.717) is 35.0 Å². The first-order valence-electron chi connectivity index (χ1n) is 10.3. The molecule has 1 aliphatic carbocycles. The monoisotopic (exact) mass is 521 g/mol. The second-order valence-corrected chi connectivity index (χ2v) is 9.44. The molecule has 0 saturated heterocycles. The number of ether oxygens (including phenoxy) is 3. The Hall–Kier alpha value is -2.19. The Bertz CT molecular complexity index is 1100. The van der Waals surface area contributed by atoms with Crippen LogP contribution in [0.3, 0.4) is 0 Å². The third-order valence-electron chi connectivity index (χ3n) is 5.65. The highest BCUT2D eigenvalue weighted by molar-refractivity contribution is 9.10. The van der Waals surface area contributed by atoms with Gasteiger partial charge in [-0.05, 0) is 63.9 Å². The van der Waals surface area contributed by atoms with Gasteiger partial charge in [-0.15, -0.1) is 11.8 Å². The van der Waals surface area contributed by atoms with Crippen LogP contribution in [0.2, 0.25) is 0 Å². The number of fused-ring (bicyclic) bond motifs is 3. The topological polar surface area (TPSA) is 73.9 Å². The molecule has 8 heteroatoms. The molecule has 0 aromatic heterocycles. The Kier molecular flexibility index (Phi) is 7.77. The highest BCUT2D eigenvalue weighted by Crippen LogP contribution is 2.54. The van der Waals surface area contributed by atoms with Crippen molar-refractivity contribution in [2.24, 2.45) is 5.92 Å². The summed E-state index contributed by atoms with van der Waals surface area (Å²) >= 11 is 5.10. The first-order chi connectivity index (χ1) is 15.3. The molecular formula is C24H28BrNO5S. The summed E-state index contributed by atoms with van der Waals surface area (Å²) in [6.07, 6.45) is 3.13. The molecule has 3 rings (SSSR count). The fraction of sp³-hybridized carbons (Fsp3) is 0.417. The number of benzene rings is 1. The molecule has 0 unspecified atom stereocenters. The maximum atomic E-state index is 12.9. The highest BCUT2D eigenvalue weighted by atomic mass is 79.9. The van der Waals surface area contributed by atoms with E-state index in [4.69, 9.17) is 14.2 Å². The summed E-state index contributed by atoms with van der Waals surface area (Å²) in [4.78, 5) is 26.2. The number of amides is 1. The number of hydrogen-bond donors (Lipinski definition) is 1. The Morgan fingerprint density at radius 3 is 2.34 bits per heavy atom. The van der Waals surface area contributed by atoms with Crippen LogP contribution in [-0.2, 0) is 11.2 Å². The van der Waals surface area contributed by atoms with Gasteiger partial charge in [-0.1, -0.05) is 19.9 Å². The van der Waals surface area contributed by atoms with Crippen LogP contribution in [0.1, 0.15) is 37.4 Å². The summed E-state index contributed by atoms with van der Waals surface area (Å²) in [6.45, 7) is 3.71. The third-order valence-corrected chi connectivity index (χ3v) is 7.26. The molecule has 0 bridgehead atoms. The number of halogens is 1. The number of rotatable bonds is 6. The minimum Gasteiger partial charge on any atom is -0.492 e. The van der Waals surface area contributed by atoms with E-state index in [-0.39, 0.29) is 23.3 Å². The first kappa shape index (κ1) is 24.5. The quantitative estimate of drug-likeness (QED) is 0.540. The maximum absolute atomic E-state index is 12.9. The number of carbonyl (C=O) groups is 1. The second-order valence-electron chi connectivity index (χ2n) is 7.80. The lowest BCUT2D eigenvalue weighted by molar-refractivity contribution is -0.124. The Labute approximate surface area is 201 Å². The van der Waals surface area contributed by atoms with Gasteiger partial charge in [0.25, 0.3) is 0 Å². The van der Waals surface area contributed by atoms with Crippen molar-refractivity contribution in [3.8, 4) is 28.4 Å². The van der Waals surface area contributed by atoms with Gasteiger partial charge < -0.3 is 19.5 Å². The summed E-state index contributed by atoms with van der Waals surface area (Å²) in [5, 5.41) is 3.14. The second kappa shape index (κ2) is 10.2. The average Bonchev–Trinajstić information content (AvgIpc) is 3.02. The van der Waals surface area contributed by atoms with E-state index in [9.17, 15) is 9.59 Å². The zero-order valence-electron chi connectivity index (χ0n) is 19.1. The van der Waals surface area contributed by atoms with Gasteiger partial charge in [-0.25, -0.2) is 0 Å². The molecule has 0 fully saturated rings. The van der Waals surface area contributed by atoms with Crippen molar-refractivity contribution >= 4 is 33.6 Å². The predicted octanol–water partition coefficient (Wildman–Crippen LogP) is 4.98. The standard InChI is InChI=1S/C24H28BrNO5S/c1-12(2)24(28)26-16-9-7-14-19(13-8-10-18(32-6)17(27)11-15(13)16)21(29-3)23(31-5)22(30-4)20(14)25/h8,10-12,16H,7,9H2,1-6H3,(H,26,28)/t16-/m0/s1. The van der Waals surface area contributed by atoms with Crippen LogP contribution < -0.4 is 25.0 Å². The molecule has 6 nitrogen and oxygen atoms in total. The molecule has 0 saturated carbocycles. The van der Waals surface area contributed by atoms with E-state index in [1.165, 1.54) is 11.8 Å². The van der Waals surface area contributed by atoms with Gasteiger partial charge in [0.15, 0.2) is 16.9 Å². The van der Waals surface area contributed by atoms with Crippen LogP contribution in [0, 0.1) is 5.92 Å². The summed E-state index contributed by atoms with van der Waals surface area (Å²) < 4.78 is 17.9. The van der Waals surface area contributed by atoms with Crippen molar-refractivity contribution in [3.05, 3.63) is 44.0 Å². The summed E-state index contributed by atoms with van der Waals surface area (Å²) in [5.74, 6) is 1.32. The van der Waals surface area contributed by atoms with Crippen LogP contribution in [0.4, 0.5) is 0 Å². The van der Waals surface area contributed by atoms with E-state index in [0.717, 1.165) is 26.7 Å². The van der Waals surface area contributed by atoms with Gasteiger partial charge >= 0.3 is 0 Å². The molecule has 2 aromatic rings. The molecule has 2 aromatic carbocycles. The van der Waals surface area contributed by atoms with Crippen molar-refractivity contribution in [1.82, 2.24) is 5.32 Å². The lowest BCUT2D eigenvalue weighted by Gasteiger charge is -2.21. The van der Waals surface area contributed by atoms with Crippen molar-refractivity contribution in [2.75, 3.05) is 27.6 Å². The molecule has 32 heavy (non-hydrogen) atoms. The molecule has 1 amide bonds. The number of nitrogens with one attached hydrogen (secondary N) is 1. The van der Waals surface area contributed by atoms with E-state index < -0.39 is 0 Å². The molecular weight excluding hydrogens is 494 g/mol. The third kappa shape index (κ3) is 4.35. The SMILES string of the molecule is COc1c(Br)c2c(c(OC)c1OC)-c1ccc(SC)c(=O)cc1[C@@H](NC(=O)C(C)C)CC2. The van der Waals surface area contributed by atoms with Gasteiger partial charge in [-0.3, -0.25) is 9.59 Å². The van der Waals surface area contributed by atoms with Gasteiger partial charge in [0.1, 0.15) is 0 Å². The largest absolute Gasteiger partial charge is 0.492 e. The van der Waals surface area contributed by atoms with Crippen LogP contribution in [0.15, 0.2) is 32.4 Å². The maximum Gasteiger partial charge on any atom is 0.223 e. The van der Waals surface area contributed by atoms with E-state index in [2.05, 4.69) is 21.2 Å². The van der Waals surface area contributed by atoms with Gasteiger partial charge in [0.05, 0.1) is 36.7 Å². The van der Waals surface area contributed by atoms with E-state index >= 15 is 0 Å². The summed E-state index contributed by atoms with van der Waals surface area (Å²) in [7, 11) is 4.73. The summed E-state index contributed by atoms with van der Waals surface area (Å²) in [6, 6.07) is 5.08. The number of methoxy groups -OCH3 is 3. The lowest BCUT2D eigenvalue weighted by atomic mass is 9.95. The first-order valence-corrected chi connectivity index (χ1v) is 12.3. The fourth-order valence-corrected chi connectivity index (χ4v) is 5.23. The van der Waals surface area contributed by atoms with Crippen LogP contribution in [0.25, 0.3) is 11.1 Å². The van der Waals surface area contributed by atoms with Gasteiger partial charge in [0, 0.05) is 11.5 Å². The number of hydrogen-bond acceptors (Lipinski definition) is 6. The Balaban J connectivity index is 2.42. The van der Waals surface area contributed by atoms with Gasteiger partial charge in [0.2, 0.25) is 11.7 Å². The van der Waals surface area contributed by atoms with Crippen LogP contribution in [-0.4, -0.2) is 33.5 Å². The highest BCUT2D eigenvalue weighted by Gasteiger charge is 2.32. The minimum atomic E-state index is -0.323. The molecule has 1 N–H and O–H groups in total. The minimum absolute atomic E-state index is 0.0582. The molecule has 0 spiro atoms. The molecule has 172 valence electrons. The van der Waals surface area contributed by atoms with E-state index in [1.54, 1.807) is 27.4 Å². The predicted molar refractivity (Wildman–Crippen MR) is 131 cm³/mol. The van der Waals surface area contributed by atoms with Crippen molar-refractivity contribution in [1.29, 1.82) is 0 Å². The van der Waals surface area contributed by atoms with Crippen molar-refractivity contribution in [2.45, 2.75) is 37.6 Å². The van der Waals surface area contributed by atoms with Crippen molar-refractivity contribution in [3.63, 3.8) is 0 Å². The molecule has 0 aliphatic heterocycles. The molecule has 0 heterocycles. The molecule has 1 atom stereocenters. The van der Waals surface area contributed by atoms with E-state index in [1.807, 2.05) is 32.2 Å². The zero-order valence-corrected chi connectivity index (χ0v) is 21.5. The number of thioether (sulfide) groups is 1. The molecule has 0 radical (unpaired) electrons. The van der Waals surface area contributed by atoms with Gasteiger partial charge in [-0.2, -0.15) is 0 Å². The molecule has 1 aliphatic rings. The van der Waals surface area contributed by atoms with Crippen LogP contribution in [0.5, 0.6) is 17.2 Å².